The number of amides is 1. The van der Waals surface area contributed by atoms with Crippen molar-refractivity contribution >= 4 is 28.8 Å². The van der Waals surface area contributed by atoms with E-state index in [1.807, 2.05) is 0 Å². The number of ether oxygens (including phenoxy) is 1. The van der Waals surface area contributed by atoms with Crippen molar-refractivity contribution in [3.8, 4) is 5.88 Å². The van der Waals surface area contributed by atoms with E-state index >= 15 is 0 Å². The van der Waals surface area contributed by atoms with Crippen LogP contribution in [-0.4, -0.2) is 22.6 Å². The van der Waals surface area contributed by atoms with Gasteiger partial charge in [-0.2, -0.15) is 4.99 Å². The molecule has 5 nitrogen and oxygen atoms in total. The first-order valence-electron chi connectivity index (χ1n) is 8.70. The van der Waals surface area contributed by atoms with Gasteiger partial charge in [0.25, 0.3) is 5.91 Å². The molecule has 2 heterocycles. The van der Waals surface area contributed by atoms with Crippen molar-refractivity contribution < 1.29 is 9.53 Å². The van der Waals surface area contributed by atoms with E-state index in [2.05, 4.69) is 42.2 Å². The molecule has 26 heavy (non-hydrogen) atoms. The fourth-order valence-corrected chi connectivity index (χ4v) is 4.29. The van der Waals surface area contributed by atoms with Gasteiger partial charge in [-0.25, -0.2) is 4.98 Å². The van der Waals surface area contributed by atoms with Crippen LogP contribution in [0.15, 0.2) is 17.1 Å². The molecule has 1 amide bonds. The number of halogens is 1. The van der Waals surface area contributed by atoms with E-state index in [9.17, 15) is 4.79 Å². The largest absolute Gasteiger partial charge is 0.481 e. The van der Waals surface area contributed by atoms with E-state index in [-0.39, 0.29) is 16.5 Å². The van der Waals surface area contributed by atoms with E-state index in [1.165, 1.54) is 36.6 Å². The van der Waals surface area contributed by atoms with Crippen LogP contribution in [0.25, 0.3) is 0 Å². The summed E-state index contributed by atoms with van der Waals surface area (Å²) < 4.78 is 7.29. The Bertz CT molecular complexity index is 904. The van der Waals surface area contributed by atoms with Crippen LogP contribution in [0.4, 0.5) is 0 Å². The molecule has 0 aliphatic heterocycles. The van der Waals surface area contributed by atoms with Gasteiger partial charge in [-0.05, 0) is 37.2 Å². The Morgan fingerprint density at radius 2 is 2.12 bits per heavy atom. The zero-order chi connectivity index (χ0) is 19.1. The second-order valence-corrected chi connectivity index (χ2v) is 9.11. The fraction of sp³-hybridized carbons (Fsp3) is 0.526. The van der Waals surface area contributed by atoms with Crippen LogP contribution < -0.4 is 9.54 Å². The first-order valence-corrected chi connectivity index (χ1v) is 9.90. The van der Waals surface area contributed by atoms with Gasteiger partial charge >= 0.3 is 0 Å². The highest BCUT2D eigenvalue weighted by Crippen LogP contribution is 2.33. The molecule has 0 saturated heterocycles. The second kappa shape index (κ2) is 7.16. The normalized spacial score (nSPS) is 15.4. The van der Waals surface area contributed by atoms with Gasteiger partial charge in [-0.15, -0.1) is 11.3 Å². The smallest absolute Gasteiger partial charge is 0.279 e. The Labute approximate surface area is 162 Å². The summed E-state index contributed by atoms with van der Waals surface area (Å²) >= 11 is 7.58. The van der Waals surface area contributed by atoms with Crippen molar-refractivity contribution in [3.63, 3.8) is 0 Å². The third kappa shape index (κ3) is 4.18. The Kier molecular flexibility index (Phi) is 5.26. The van der Waals surface area contributed by atoms with Gasteiger partial charge in [-0.1, -0.05) is 32.4 Å². The minimum Gasteiger partial charge on any atom is -0.481 e. The maximum Gasteiger partial charge on any atom is 0.279 e. The van der Waals surface area contributed by atoms with Crippen LogP contribution in [-0.2, 0) is 12.0 Å². The molecule has 0 atom stereocenters. The third-order valence-electron chi connectivity index (χ3n) is 4.40. The number of carbonyl (C=O) groups excluding carboxylic acids is 1. The van der Waals surface area contributed by atoms with Gasteiger partial charge in [0.15, 0.2) is 4.80 Å². The molecule has 0 unspecified atom stereocenters. The van der Waals surface area contributed by atoms with Gasteiger partial charge in [0.1, 0.15) is 5.15 Å². The van der Waals surface area contributed by atoms with Gasteiger partial charge in [0.2, 0.25) is 5.88 Å². The third-order valence-corrected chi connectivity index (χ3v) is 6.20. The van der Waals surface area contributed by atoms with Crippen molar-refractivity contribution in [1.82, 2.24) is 9.55 Å². The maximum atomic E-state index is 12.7. The molecule has 0 N–H and O–H groups in total. The van der Waals surface area contributed by atoms with E-state index in [1.54, 1.807) is 17.4 Å². The molecular weight excluding hydrogens is 370 g/mol. The quantitative estimate of drug-likeness (QED) is 0.725. The minimum atomic E-state index is -0.334. The molecule has 140 valence electrons. The Morgan fingerprint density at radius 3 is 2.69 bits per heavy atom. The molecule has 1 aliphatic rings. The summed E-state index contributed by atoms with van der Waals surface area (Å²) in [6.45, 7) is 9.60. The SMILES string of the molecule is COc1cc(C(=O)N=c2sc(C(C)(C)C)c(C)n2CC2CC2)cc(Cl)n1. The van der Waals surface area contributed by atoms with Crippen LogP contribution in [0, 0.1) is 12.8 Å². The Balaban J connectivity index is 2.06. The number of hydrogen-bond donors (Lipinski definition) is 0. The van der Waals surface area contributed by atoms with Crippen molar-refractivity contribution in [2.45, 2.75) is 52.5 Å². The number of nitrogens with zero attached hydrogens (tertiary/aromatic N) is 3. The van der Waals surface area contributed by atoms with Gasteiger partial charge in [-0.3, -0.25) is 4.79 Å². The summed E-state index contributed by atoms with van der Waals surface area (Å²) in [6.07, 6.45) is 2.50. The fourth-order valence-electron chi connectivity index (χ4n) is 2.89. The average Bonchev–Trinajstić information content (AvgIpc) is 3.32. The molecule has 0 radical (unpaired) electrons. The number of aromatic nitrogens is 2. The van der Waals surface area contributed by atoms with Gasteiger partial charge < -0.3 is 9.30 Å². The number of methoxy groups -OCH3 is 1. The molecule has 0 bridgehead atoms. The van der Waals surface area contributed by atoms with E-state index < -0.39 is 0 Å². The monoisotopic (exact) mass is 393 g/mol. The van der Waals surface area contributed by atoms with Gasteiger partial charge in [0.05, 0.1) is 12.7 Å². The average molecular weight is 394 g/mol. The van der Waals surface area contributed by atoms with E-state index in [0.717, 1.165) is 11.3 Å². The lowest BCUT2D eigenvalue weighted by molar-refractivity contribution is 0.0997. The van der Waals surface area contributed by atoms with Crippen LogP contribution in [0.5, 0.6) is 5.88 Å². The van der Waals surface area contributed by atoms with Crippen LogP contribution >= 0.6 is 22.9 Å². The zero-order valence-corrected chi connectivity index (χ0v) is 17.4. The Hall–Kier alpha value is -1.66. The van der Waals surface area contributed by atoms with Crippen molar-refractivity contribution in [2.75, 3.05) is 7.11 Å². The first-order chi connectivity index (χ1) is 12.2. The molecule has 2 aromatic heterocycles. The number of hydrogen-bond acceptors (Lipinski definition) is 4. The lowest BCUT2D eigenvalue weighted by Gasteiger charge is -2.17. The number of rotatable bonds is 4. The standard InChI is InChI=1S/C19H24ClN3O2S/c1-11-16(19(2,3)4)26-18(23(11)10-12-6-7-12)22-17(24)13-8-14(20)21-15(9-13)25-5/h8-9,12H,6-7,10H2,1-5H3. The molecule has 0 aromatic carbocycles. The van der Waals surface area contributed by atoms with E-state index in [4.69, 9.17) is 16.3 Å². The summed E-state index contributed by atoms with van der Waals surface area (Å²) in [5.74, 6) is 0.666. The summed E-state index contributed by atoms with van der Waals surface area (Å²) in [7, 11) is 1.49. The molecule has 1 saturated carbocycles. The first kappa shape index (κ1) is 19.1. The summed E-state index contributed by atoms with van der Waals surface area (Å²) in [4.78, 5) is 23.2. The molecule has 1 aliphatic carbocycles. The Morgan fingerprint density at radius 1 is 1.42 bits per heavy atom. The van der Waals surface area contributed by atoms with Gasteiger partial charge in [0, 0.05) is 23.2 Å². The number of carbonyl (C=O) groups is 1. The van der Waals surface area contributed by atoms with Crippen LogP contribution in [0.3, 0.4) is 0 Å². The summed E-state index contributed by atoms with van der Waals surface area (Å²) in [5.41, 5.74) is 1.59. The molecule has 1 fully saturated rings. The lowest BCUT2D eigenvalue weighted by atomic mass is 9.93. The van der Waals surface area contributed by atoms with Crippen molar-refractivity contribution in [1.29, 1.82) is 0 Å². The van der Waals surface area contributed by atoms with Crippen molar-refractivity contribution in [3.05, 3.63) is 38.2 Å². The molecule has 7 heteroatoms. The second-order valence-electron chi connectivity index (χ2n) is 7.74. The number of thiazole rings is 1. The minimum absolute atomic E-state index is 0.0140. The predicted molar refractivity (Wildman–Crippen MR) is 104 cm³/mol. The summed E-state index contributed by atoms with van der Waals surface area (Å²) in [6, 6.07) is 3.08. The topological polar surface area (TPSA) is 56.5 Å². The maximum absolute atomic E-state index is 12.7. The number of pyridine rings is 1. The summed E-state index contributed by atoms with van der Waals surface area (Å²) in [5, 5.41) is 0.214. The van der Waals surface area contributed by atoms with Crippen LogP contribution in [0.1, 0.15) is 54.5 Å². The van der Waals surface area contributed by atoms with E-state index in [0.29, 0.717) is 17.4 Å². The highest BCUT2D eigenvalue weighted by atomic mass is 35.5. The lowest BCUT2D eigenvalue weighted by Crippen LogP contribution is -2.20. The molecule has 3 rings (SSSR count). The highest BCUT2D eigenvalue weighted by Gasteiger charge is 2.27. The predicted octanol–water partition coefficient (Wildman–Crippen LogP) is 4.36. The zero-order valence-electron chi connectivity index (χ0n) is 15.8. The highest BCUT2D eigenvalue weighted by molar-refractivity contribution is 7.09. The van der Waals surface area contributed by atoms with Crippen molar-refractivity contribution in [2.24, 2.45) is 10.9 Å². The molecule has 0 spiro atoms. The van der Waals surface area contributed by atoms with Crippen LogP contribution in [0.2, 0.25) is 5.15 Å². The molecule has 2 aromatic rings. The molecular formula is C19H24ClN3O2S.